The Balaban J connectivity index is 1.49. The number of fused-ring (bicyclic) bond motifs is 2. The molecule has 2 aliphatic heterocycles. The fourth-order valence-electron chi connectivity index (χ4n) is 4.94. The number of nitrogens with zero attached hydrogens (tertiary/aromatic N) is 2. The van der Waals surface area contributed by atoms with Crippen molar-refractivity contribution in [2.24, 2.45) is 5.92 Å². The van der Waals surface area contributed by atoms with E-state index in [0.29, 0.717) is 26.9 Å². The number of nitro benzene ring substituents is 1. The molecule has 3 atom stereocenters. The standard InChI is InChI=1S/C27H19N3O6S2/c31-25-21-20(18-13-17(30(34)35)11-12-19(18)36-14-15-7-3-1-4-8-15)22-24(28-27(33)38-22)37-23(21)26(32)29(25)16-9-5-2-6-10-16/h1-13,20-21,23H,14H2,(H,28,33)/t20-,21?,23?/m1/s1. The molecular weight excluding hydrogens is 526 g/mol. The minimum absolute atomic E-state index is 0.178. The summed E-state index contributed by atoms with van der Waals surface area (Å²) in [6.07, 6.45) is 0. The molecule has 0 radical (unpaired) electrons. The van der Waals surface area contributed by atoms with E-state index in [1.54, 1.807) is 30.3 Å². The van der Waals surface area contributed by atoms with Crippen LogP contribution in [0.1, 0.15) is 21.9 Å². The molecule has 3 heterocycles. The van der Waals surface area contributed by atoms with Gasteiger partial charge in [-0.15, -0.1) is 0 Å². The van der Waals surface area contributed by atoms with Gasteiger partial charge in [0.15, 0.2) is 0 Å². The second-order valence-electron chi connectivity index (χ2n) is 8.85. The Labute approximate surface area is 224 Å². The fourth-order valence-corrected chi connectivity index (χ4v) is 7.45. The quantitative estimate of drug-likeness (QED) is 0.211. The number of thioether (sulfide) groups is 1. The first kappa shape index (κ1) is 24.1. The van der Waals surface area contributed by atoms with Crippen LogP contribution in [-0.4, -0.2) is 27.0 Å². The number of H-pyrrole nitrogens is 1. The van der Waals surface area contributed by atoms with E-state index in [1.165, 1.54) is 23.1 Å². The molecule has 190 valence electrons. The number of nitrogens with one attached hydrogen (secondary N) is 1. The van der Waals surface area contributed by atoms with Gasteiger partial charge < -0.3 is 9.72 Å². The van der Waals surface area contributed by atoms with Crippen molar-refractivity contribution in [3.63, 3.8) is 0 Å². The summed E-state index contributed by atoms with van der Waals surface area (Å²) in [4.78, 5) is 55.3. The van der Waals surface area contributed by atoms with Crippen molar-refractivity contribution in [1.29, 1.82) is 0 Å². The summed E-state index contributed by atoms with van der Waals surface area (Å²) in [6.45, 7) is 0.195. The maximum Gasteiger partial charge on any atom is 0.305 e. The Kier molecular flexibility index (Phi) is 6.09. The SMILES string of the molecule is O=C1C2Sc3[nH]c(=O)sc3[C@H](c3cc([N+](=O)[O-])ccc3OCc3ccccc3)C2C(=O)N1c1ccccc1. The minimum Gasteiger partial charge on any atom is -0.489 e. The topological polar surface area (TPSA) is 123 Å². The number of rotatable bonds is 6. The van der Waals surface area contributed by atoms with E-state index < -0.39 is 33.8 Å². The molecule has 1 N–H and O–H groups in total. The molecule has 0 saturated carbocycles. The number of nitro groups is 1. The van der Waals surface area contributed by atoms with Gasteiger partial charge in [0.2, 0.25) is 11.8 Å². The number of anilines is 1. The van der Waals surface area contributed by atoms with Gasteiger partial charge in [-0.2, -0.15) is 0 Å². The number of thiazole rings is 1. The third-order valence-corrected chi connectivity index (χ3v) is 9.02. The number of imide groups is 1. The van der Waals surface area contributed by atoms with E-state index in [9.17, 15) is 24.5 Å². The third-order valence-electron chi connectivity index (χ3n) is 6.61. The van der Waals surface area contributed by atoms with Crippen LogP contribution in [0, 0.1) is 16.0 Å². The first-order valence-corrected chi connectivity index (χ1v) is 13.4. The lowest BCUT2D eigenvalue weighted by molar-refractivity contribution is -0.385. The normalized spacial score (nSPS) is 20.2. The number of non-ortho nitro benzene ring substituents is 1. The van der Waals surface area contributed by atoms with Crippen LogP contribution in [0.2, 0.25) is 0 Å². The molecule has 9 nitrogen and oxygen atoms in total. The number of aromatic amines is 1. The number of benzene rings is 3. The highest BCUT2D eigenvalue weighted by molar-refractivity contribution is 8.00. The molecule has 1 fully saturated rings. The molecule has 0 aliphatic carbocycles. The molecule has 2 unspecified atom stereocenters. The predicted octanol–water partition coefficient (Wildman–Crippen LogP) is 4.72. The van der Waals surface area contributed by atoms with Crippen molar-refractivity contribution >= 4 is 46.3 Å². The molecule has 11 heteroatoms. The average molecular weight is 546 g/mol. The van der Waals surface area contributed by atoms with E-state index in [1.807, 2.05) is 30.3 Å². The molecule has 0 bridgehead atoms. The Morgan fingerprint density at radius 3 is 2.37 bits per heavy atom. The summed E-state index contributed by atoms with van der Waals surface area (Å²) >= 11 is 2.09. The smallest absolute Gasteiger partial charge is 0.305 e. The third kappa shape index (κ3) is 4.09. The van der Waals surface area contributed by atoms with Gasteiger partial charge in [0.25, 0.3) is 5.69 Å². The number of aromatic nitrogens is 1. The molecule has 2 amide bonds. The summed E-state index contributed by atoms with van der Waals surface area (Å²) in [6, 6.07) is 22.3. The Morgan fingerprint density at radius 1 is 0.947 bits per heavy atom. The van der Waals surface area contributed by atoms with Crippen LogP contribution in [-0.2, 0) is 16.2 Å². The molecule has 1 saturated heterocycles. The lowest BCUT2D eigenvalue weighted by atomic mass is 9.82. The zero-order chi connectivity index (χ0) is 26.4. The monoisotopic (exact) mass is 545 g/mol. The molecular formula is C27H19N3O6S2. The molecule has 2 aliphatic rings. The lowest BCUT2D eigenvalue weighted by Gasteiger charge is -2.30. The summed E-state index contributed by atoms with van der Waals surface area (Å²) in [5, 5.41) is 11.4. The highest BCUT2D eigenvalue weighted by Gasteiger charge is 2.57. The molecule has 6 rings (SSSR count). The maximum atomic E-state index is 13.9. The highest BCUT2D eigenvalue weighted by atomic mass is 32.2. The Bertz CT molecular complexity index is 1620. The van der Waals surface area contributed by atoms with Crippen LogP contribution in [0.15, 0.2) is 88.7 Å². The van der Waals surface area contributed by atoms with E-state index in [4.69, 9.17) is 4.74 Å². The highest BCUT2D eigenvalue weighted by Crippen LogP contribution is 2.55. The molecule has 38 heavy (non-hydrogen) atoms. The lowest BCUT2D eigenvalue weighted by Crippen LogP contribution is -2.32. The number of hydrogen-bond acceptors (Lipinski definition) is 8. The Hall–Kier alpha value is -4.22. The zero-order valence-corrected chi connectivity index (χ0v) is 21.2. The zero-order valence-electron chi connectivity index (χ0n) is 19.6. The van der Waals surface area contributed by atoms with Gasteiger partial charge >= 0.3 is 4.87 Å². The molecule has 3 aromatic carbocycles. The first-order chi connectivity index (χ1) is 18.4. The number of para-hydroxylation sites is 1. The predicted molar refractivity (Wildman–Crippen MR) is 143 cm³/mol. The van der Waals surface area contributed by atoms with E-state index in [0.717, 1.165) is 28.7 Å². The van der Waals surface area contributed by atoms with Crippen molar-refractivity contribution < 1.29 is 19.2 Å². The first-order valence-electron chi connectivity index (χ1n) is 11.7. The largest absolute Gasteiger partial charge is 0.489 e. The van der Waals surface area contributed by atoms with Crippen molar-refractivity contribution in [3.8, 4) is 5.75 Å². The minimum atomic E-state index is -0.882. The second kappa shape index (κ2) is 9.58. The van der Waals surface area contributed by atoms with Crippen molar-refractivity contribution in [3.05, 3.63) is 115 Å². The molecule has 4 aromatic rings. The summed E-state index contributed by atoms with van der Waals surface area (Å²) in [5.41, 5.74) is 1.55. The summed E-state index contributed by atoms with van der Waals surface area (Å²) < 4.78 is 6.13. The Morgan fingerprint density at radius 2 is 1.66 bits per heavy atom. The number of carbonyl (C=O) groups excluding carboxylic acids is 2. The van der Waals surface area contributed by atoms with E-state index >= 15 is 0 Å². The van der Waals surface area contributed by atoms with Crippen LogP contribution >= 0.6 is 23.1 Å². The van der Waals surface area contributed by atoms with Crippen LogP contribution in [0.3, 0.4) is 0 Å². The van der Waals surface area contributed by atoms with Crippen LogP contribution in [0.4, 0.5) is 11.4 Å². The van der Waals surface area contributed by atoms with Gasteiger partial charge in [0.05, 0.1) is 21.6 Å². The fraction of sp³-hybridized carbons (Fsp3) is 0.148. The van der Waals surface area contributed by atoms with Crippen molar-refractivity contribution in [2.45, 2.75) is 22.8 Å². The summed E-state index contributed by atoms with van der Waals surface area (Å²) in [5.74, 6) is -2.14. The van der Waals surface area contributed by atoms with Gasteiger partial charge in [-0.25, -0.2) is 4.90 Å². The van der Waals surface area contributed by atoms with E-state index in [2.05, 4.69) is 4.98 Å². The van der Waals surface area contributed by atoms with Crippen LogP contribution in [0.25, 0.3) is 0 Å². The maximum absolute atomic E-state index is 13.9. The van der Waals surface area contributed by atoms with Gasteiger partial charge in [-0.3, -0.25) is 24.5 Å². The number of amides is 2. The number of carbonyl (C=O) groups is 2. The second-order valence-corrected chi connectivity index (χ2v) is 11.0. The van der Waals surface area contributed by atoms with Gasteiger partial charge in [-0.1, -0.05) is 71.6 Å². The average Bonchev–Trinajstić information content (AvgIpc) is 3.42. The number of hydrogen-bond donors (Lipinski definition) is 1. The van der Waals surface area contributed by atoms with Gasteiger partial charge in [-0.05, 0) is 23.8 Å². The van der Waals surface area contributed by atoms with Crippen molar-refractivity contribution in [2.75, 3.05) is 4.90 Å². The van der Waals surface area contributed by atoms with Crippen LogP contribution in [0.5, 0.6) is 5.75 Å². The van der Waals surface area contributed by atoms with Crippen molar-refractivity contribution in [1.82, 2.24) is 4.98 Å². The van der Waals surface area contributed by atoms with Gasteiger partial charge in [0, 0.05) is 28.5 Å². The number of ether oxygens (including phenoxy) is 1. The summed E-state index contributed by atoms with van der Waals surface area (Å²) in [7, 11) is 0. The molecule has 0 spiro atoms. The van der Waals surface area contributed by atoms with Crippen LogP contribution < -0.4 is 14.5 Å². The molecule has 1 aromatic heterocycles. The van der Waals surface area contributed by atoms with E-state index in [-0.39, 0.29) is 17.2 Å². The van der Waals surface area contributed by atoms with Gasteiger partial charge in [0.1, 0.15) is 17.6 Å².